The van der Waals surface area contributed by atoms with E-state index < -0.39 is 0 Å². The van der Waals surface area contributed by atoms with Gasteiger partial charge in [-0.2, -0.15) is 0 Å². The minimum Gasteiger partial charge on any atom is -0.308 e. The molecule has 1 N–H and O–H groups in total. The van der Waals surface area contributed by atoms with Crippen LogP contribution in [-0.4, -0.2) is 29.1 Å². The zero-order valence-corrected chi connectivity index (χ0v) is 14.3. The Kier molecular flexibility index (Phi) is 3.72. The first-order valence-corrected chi connectivity index (χ1v) is 8.43. The van der Waals surface area contributed by atoms with Crippen molar-refractivity contribution < 1.29 is 0 Å². The van der Waals surface area contributed by atoms with Crippen LogP contribution >= 0.6 is 15.9 Å². The van der Waals surface area contributed by atoms with E-state index in [1.165, 1.54) is 22.9 Å². The third-order valence-corrected chi connectivity index (χ3v) is 5.87. The fourth-order valence-electron chi connectivity index (χ4n) is 3.29. The lowest BCUT2D eigenvalue weighted by atomic mass is 9.86. The Morgan fingerprint density at radius 2 is 1.95 bits per heavy atom. The van der Waals surface area contributed by atoms with Crippen molar-refractivity contribution in [2.75, 3.05) is 13.1 Å². The summed E-state index contributed by atoms with van der Waals surface area (Å²) in [5, 5.41) is 3.82. The van der Waals surface area contributed by atoms with Gasteiger partial charge in [-0.3, -0.25) is 4.90 Å². The molecule has 20 heavy (non-hydrogen) atoms. The highest BCUT2D eigenvalue weighted by atomic mass is 79.9. The first kappa shape index (κ1) is 14.6. The van der Waals surface area contributed by atoms with E-state index in [2.05, 4.69) is 71.2 Å². The van der Waals surface area contributed by atoms with Gasteiger partial charge in [0.25, 0.3) is 0 Å². The fourth-order valence-corrected chi connectivity index (χ4v) is 3.70. The van der Waals surface area contributed by atoms with Crippen molar-refractivity contribution in [3.8, 4) is 0 Å². The van der Waals surface area contributed by atoms with Gasteiger partial charge in [0.2, 0.25) is 0 Å². The number of benzene rings is 1. The summed E-state index contributed by atoms with van der Waals surface area (Å²) in [6.07, 6.45) is 2.79. The molecule has 1 saturated carbocycles. The molecule has 1 aliphatic carbocycles. The average molecular weight is 337 g/mol. The molecule has 2 fully saturated rings. The molecule has 0 amide bonds. The Morgan fingerprint density at radius 3 is 2.60 bits per heavy atom. The maximum atomic E-state index is 3.82. The second-order valence-corrected chi connectivity index (χ2v) is 8.16. The molecule has 1 aromatic rings. The number of halogens is 1. The minimum atomic E-state index is 0.212. The summed E-state index contributed by atoms with van der Waals surface area (Å²) in [5.41, 5.74) is 1.90. The first-order chi connectivity index (χ1) is 9.41. The zero-order valence-electron chi connectivity index (χ0n) is 12.7. The van der Waals surface area contributed by atoms with Crippen molar-refractivity contribution in [2.45, 2.75) is 51.2 Å². The molecule has 0 radical (unpaired) electrons. The predicted octanol–water partition coefficient (Wildman–Crippen LogP) is 3.80. The van der Waals surface area contributed by atoms with Crippen LogP contribution in [0.2, 0.25) is 0 Å². The van der Waals surface area contributed by atoms with Crippen LogP contribution < -0.4 is 5.32 Å². The number of hydrogen-bond donors (Lipinski definition) is 1. The van der Waals surface area contributed by atoms with Crippen LogP contribution in [0, 0.1) is 5.92 Å². The molecule has 1 atom stereocenters. The van der Waals surface area contributed by atoms with Gasteiger partial charge in [0.15, 0.2) is 0 Å². The molecule has 110 valence electrons. The van der Waals surface area contributed by atoms with Crippen LogP contribution in [0.1, 0.15) is 39.2 Å². The van der Waals surface area contributed by atoms with E-state index in [0.29, 0.717) is 5.54 Å². The van der Waals surface area contributed by atoms with Gasteiger partial charge in [0.1, 0.15) is 0 Å². The van der Waals surface area contributed by atoms with Crippen molar-refractivity contribution in [1.82, 2.24) is 10.2 Å². The van der Waals surface area contributed by atoms with E-state index in [1.54, 1.807) is 0 Å². The Labute approximate surface area is 131 Å². The Balaban J connectivity index is 1.80. The van der Waals surface area contributed by atoms with Gasteiger partial charge in [-0.05, 0) is 51.2 Å². The van der Waals surface area contributed by atoms with Gasteiger partial charge >= 0.3 is 0 Å². The first-order valence-electron chi connectivity index (χ1n) is 7.64. The quantitative estimate of drug-likeness (QED) is 0.902. The molecule has 0 aromatic heterocycles. The van der Waals surface area contributed by atoms with Crippen LogP contribution in [0.5, 0.6) is 0 Å². The van der Waals surface area contributed by atoms with Gasteiger partial charge in [-0.15, -0.1) is 0 Å². The fraction of sp³-hybridized carbons (Fsp3) is 0.647. The maximum Gasteiger partial charge on any atom is 0.0309 e. The van der Waals surface area contributed by atoms with Crippen molar-refractivity contribution in [3.63, 3.8) is 0 Å². The van der Waals surface area contributed by atoms with Crippen molar-refractivity contribution in [1.29, 1.82) is 0 Å². The largest absolute Gasteiger partial charge is 0.308 e. The van der Waals surface area contributed by atoms with E-state index in [-0.39, 0.29) is 5.54 Å². The summed E-state index contributed by atoms with van der Waals surface area (Å²) in [6.45, 7) is 10.4. The molecule has 0 spiro atoms. The summed E-state index contributed by atoms with van der Waals surface area (Å²) in [7, 11) is 0. The lowest BCUT2D eigenvalue weighted by molar-refractivity contribution is 0.0177. The molecular weight excluding hydrogens is 312 g/mol. The number of hydrogen-bond acceptors (Lipinski definition) is 2. The topological polar surface area (TPSA) is 15.3 Å². The van der Waals surface area contributed by atoms with Crippen LogP contribution in [0.25, 0.3) is 0 Å². The minimum absolute atomic E-state index is 0.212. The molecular formula is C17H25BrN2. The van der Waals surface area contributed by atoms with E-state index in [1.807, 2.05) is 0 Å². The molecule has 2 nitrogen and oxygen atoms in total. The number of nitrogens with one attached hydrogen (secondary N) is 1. The second kappa shape index (κ2) is 5.11. The highest BCUT2D eigenvalue weighted by Crippen LogP contribution is 2.42. The van der Waals surface area contributed by atoms with Crippen molar-refractivity contribution in [3.05, 3.63) is 34.3 Å². The smallest absolute Gasteiger partial charge is 0.0309 e. The highest BCUT2D eigenvalue weighted by molar-refractivity contribution is 9.10. The molecule has 1 aromatic carbocycles. The van der Waals surface area contributed by atoms with Crippen LogP contribution in [0.15, 0.2) is 28.7 Å². The third kappa shape index (κ3) is 2.81. The van der Waals surface area contributed by atoms with E-state index in [9.17, 15) is 0 Å². The summed E-state index contributed by atoms with van der Waals surface area (Å²) in [6, 6.07) is 8.60. The predicted molar refractivity (Wildman–Crippen MR) is 87.8 cm³/mol. The van der Waals surface area contributed by atoms with Gasteiger partial charge in [-0.25, -0.2) is 0 Å². The van der Waals surface area contributed by atoms with Crippen LogP contribution in [0.3, 0.4) is 0 Å². The number of nitrogens with zero attached hydrogens (tertiary/aromatic N) is 1. The molecule has 1 unspecified atom stereocenters. The van der Waals surface area contributed by atoms with E-state index in [0.717, 1.165) is 25.6 Å². The summed E-state index contributed by atoms with van der Waals surface area (Å²) < 4.78 is 1.22. The van der Waals surface area contributed by atoms with E-state index in [4.69, 9.17) is 0 Å². The molecule has 3 heteroatoms. The second-order valence-electron chi connectivity index (χ2n) is 7.31. The summed E-state index contributed by atoms with van der Waals surface area (Å²) >= 11 is 3.69. The van der Waals surface area contributed by atoms with Gasteiger partial charge in [-0.1, -0.05) is 34.1 Å². The highest BCUT2D eigenvalue weighted by Gasteiger charge is 2.48. The van der Waals surface area contributed by atoms with Gasteiger partial charge in [0.05, 0.1) is 0 Å². The Bertz CT molecular complexity index is 496. The lowest BCUT2D eigenvalue weighted by Gasteiger charge is -2.51. The molecule has 3 rings (SSSR count). The van der Waals surface area contributed by atoms with Gasteiger partial charge < -0.3 is 5.32 Å². The monoisotopic (exact) mass is 336 g/mol. The molecule has 2 aliphatic rings. The zero-order chi connectivity index (χ0) is 14.4. The number of piperazine rings is 1. The standard InChI is InChI=1S/C17H25BrN2/c1-16(2)11-19-17(3,14-8-9-14)12-20(16)10-13-6-4-5-7-15(13)18/h4-7,14,19H,8-12H2,1-3H3. The maximum absolute atomic E-state index is 3.82. The van der Waals surface area contributed by atoms with E-state index >= 15 is 0 Å². The van der Waals surface area contributed by atoms with Crippen LogP contribution in [-0.2, 0) is 6.54 Å². The van der Waals surface area contributed by atoms with Crippen molar-refractivity contribution >= 4 is 15.9 Å². The average Bonchev–Trinajstić information content (AvgIpc) is 3.22. The molecule has 1 heterocycles. The molecule has 1 saturated heterocycles. The summed E-state index contributed by atoms with van der Waals surface area (Å²) in [5.74, 6) is 0.875. The SMILES string of the molecule is CC1(C2CC2)CN(Cc2ccccc2Br)C(C)(C)CN1. The molecule has 1 aliphatic heterocycles. The van der Waals surface area contributed by atoms with Crippen LogP contribution in [0.4, 0.5) is 0 Å². The van der Waals surface area contributed by atoms with Crippen molar-refractivity contribution in [2.24, 2.45) is 5.92 Å². The number of rotatable bonds is 3. The summed E-state index contributed by atoms with van der Waals surface area (Å²) in [4.78, 5) is 2.65. The lowest BCUT2D eigenvalue weighted by Crippen LogP contribution is -2.67. The normalized spacial score (nSPS) is 30.4. The third-order valence-electron chi connectivity index (χ3n) is 5.10. The Morgan fingerprint density at radius 1 is 1.25 bits per heavy atom. The Hall–Kier alpha value is -0.380. The molecule has 0 bridgehead atoms. The van der Waals surface area contributed by atoms with Gasteiger partial charge in [0, 0.05) is 35.2 Å².